The van der Waals surface area contributed by atoms with Gasteiger partial charge in [-0.2, -0.15) is 0 Å². The number of non-ortho nitro benzene ring substituents is 1. The average molecular weight is 389 g/mol. The molecule has 2 aromatic rings. The first kappa shape index (κ1) is 17.9. The van der Waals surface area contributed by atoms with Crippen molar-refractivity contribution in [2.75, 3.05) is 18.4 Å². The number of anilines is 1. The maximum atomic E-state index is 12.8. The van der Waals surface area contributed by atoms with Gasteiger partial charge in [0.1, 0.15) is 0 Å². The first-order chi connectivity index (χ1) is 14.1. The van der Waals surface area contributed by atoms with Gasteiger partial charge in [-0.15, -0.1) is 0 Å². The number of rotatable bonds is 3. The number of allylic oxidation sites excluding steroid dienone is 2. The minimum absolute atomic E-state index is 0.0865. The average Bonchev–Trinajstić information content (AvgIpc) is 3.44. The number of nitro benzene ring substituents is 1. The minimum Gasteiger partial charge on any atom is -0.378 e. The summed E-state index contributed by atoms with van der Waals surface area (Å²) in [5.41, 5.74) is 4.14. The summed E-state index contributed by atoms with van der Waals surface area (Å²) in [6.07, 6.45) is 7.57. The normalized spacial score (nSPS) is 24.7. The van der Waals surface area contributed by atoms with Crippen LogP contribution in [0.15, 0.2) is 54.6 Å². The predicted molar refractivity (Wildman–Crippen MR) is 111 cm³/mol. The summed E-state index contributed by atoms with van der Waals surface area (Å²) in [6.45, 7) is 1.70. The molecule has 1 fully saturated rings. The standard InChI is InChI=1S/C23H23N3O3/c27-23(25-12-1-2-13-25)16-8-11-21-20(14-16)18-4-3-5-19(18)22(24-21)15-6-9-17(10-7-15)26(28)29/h3-4,6-11,14,18-19,22,24H,1-2,5,12-13H2/t18-,19+,22-/m0/s1. The van der Waals surface area contributed by atoms with Crippen LogP contribution >= 0.6 is 0 Å². The van der Waals surface area contributed by atoms with Crippen molar-refractivity contribution >= 4 is 17.3 Å². The number of carbonyl (C=O) groups excluding carboxylic acids is 1. The van der Waals surface area contributed by atoms with E-state index in [1.165, 1.54) is 5.56 Å². The van der Waals surface area contributed by atoms with Crippen LogP contribution in [0.5, 0.6) is 0 Å². The van der Waals surface area contributed by atoms with Gasteiger partial charge in [0.2, 0.25) is 0 Å². The summed E-state index contributed by atoms with van der Waals surface area (Å²) in [6, 6.07) is 12.9. The van der Waals surface area contributed by atoms with E-state index in [9.17, 15) is 14.9 Å². The molecular formula is C23H23N3O3. The summed E-state index contributed by atoms with van der Waals surface area (Å²) in [4.78, 5) is 25.4. The molecule has 0 radical (unpaired) electrons. The predicted octanol–water partition coefficient (Wildman–Crippen LogP) is 4.66. The summed E-state index contributed by atoms with van der Waals surface area (Å²) < 4.78 is 0. The molecule has 6 nitrogen and oxygen atoms in total. The first-order valence-electron chi connectivity index (χ1n) is 10.2. The molecule has 2 heterocycles. The molecule has 0 bridgehead atoms. The number of carbonyl (C=O) groups is 1. The van der Waals surface area contributed by atoms with E-state index in [-0.39, 0.29) is 28.5 Å². The maximum Gasteiger partial charge on any atom is 0.269 e. The largest absolute Gasteiger partial charge is 0.378 e. The summed E-state index contributed by atoms with van der Waals surface area (Å²) in [5.74, 6) is 0.709. The zero-order valence-corrected chi connectivity index (χ0v) is 16.1. The van der Waals surface area contributed by atoms with E-state index in [2.05, 4.69) is 23.5 Å². The zero-order valence-electron chi connectivity index (χ0n) is 16.1. The number of benzene rings is 2. The van der Waals surface area contributed by atoms with Crippen LogP contribution in [0.25, 0.3) is 0 Å². The van der Waals surface area contributed by atoms with Gasteiger partial charge in [0.25, 0.3) is 11.6 Å². The van der Waals surface area contributed by atoms with E-state index in [1.807, 2.05) is 29.2 Å². The Morgan fingerprint density at radius 2 is 1.86 bits per heavy atom. The lowest BCUT2D eigenvalue weighted by molar-refractivity contribution is -0.384. The lowest BCUT2D eigenvalue weighted by Gasteiger charge is -2.37. The number of nitrogens with one attached hydrogen (secondary N) is 1. The molecule has 0 spiro atoms. The van der Waals surface area contributed by atoms with Crippen LogP contribution in [0.4, 0.5) is 11.4 Å². The fourth-order valence-electron chi connectivity index (χ4n) is 4.96. The van der Waals surface area contributed by atoms with Crippen molar-refractivity contribution < 1.29 is 9.72 Å². The Labute approximate surface area is 169 Å². The fraction of sp³-hybridized carbons (Fsp3) is 0.348. The molecule has 148 valence electrons. The smallest absolute Gasteiger partial charge is 0.269 e. The van der Waals surface area contributed by atoms with Crippen LogP contribution in [-0.2, 0) is 0 Å². The molecule has 6 heteroatoms. The Bertz CT molecular complexity index is 993. The molecule has 1 N–H and O–H groups in total. The summed E-state index contributed by atoms with van der Waals surface area (Å²) in [5, 5.41) is 14.6. The second-order valence-corrected chi connectivity index (χ2v) is 8.13. The van der Waals surface area contributed by atoms with E-state index in [0.717, 1.165) is 49.2 Å². The van der Waals surface area contributed by atoms with Crippen LogP contribution in [0.3, 0.4) is 0 Å². The van der Waals surface area contributed by atoms with Crippen molar-refractivity contribution in [2.24, 2.45) is 5.92 Å². The summed E-state index contributed by atoms with van der Waals surface area (Å²) in [7, 11) is 0. The zero-order chi connectivity index (χ0) is 20.0. The topological polar surface area (TPSA) is 75.5 Å². The van der Waals surface area contributed by atoms with Crippen LogP contribution in [0, 0.1) is 16.0 Å². The van der Waals surface area contributed by atoms with Gasteiger partial charge in [0.15, 0.2) is 0 Å². The highest BCUT2D eigenvalue weighted by Crippen LogP contribution is 2.50. The second kappa shape index (κ2) is 7.03. The lowest BCUT2D eigenvalue weighted by Crippen LogP contribution is -2.30. The molecule has 1 aliphatic carbocycles. The summed E-state index contributed by atoms with van der Waals surface area (Å²) >= 11 is 0. The highest BCUT2D eigenvalue weighted by atomic mass is 16.6. The van der Waals surface area contributed by atoms with Crippen molar-refractivity contribution in [3.8, 4) is 0 Å². The molecule has 0 unspecified atom stereocenters. The number of hydrogen-bond donors (Lipinski definition) is 1. The van der Waals surface area contributed by atoms with Crippen LogP contribution in [0.1, 0.15) is 52.7 Å². The molecule has 1 amide bonds. The highest BCUT2D eigenvalue weighted by Gasteiger charge is 2.38. The van der Waals surface area contributed by atoms with Crippen molar-refractivity contribution in [1.29, 1.82) is 0 Å². The number of likely N-dealkylation sites (tertiary alicyclic amines) is 1. The van der Waals surface area contributed by atoms with Gasteiger partial charge in [-0.1, -0.05) is 24.3 Å². The molecule has 0 aromatic heterocycles. The minimum atomic E-state index is -0.369. The molecule has 3 atom stereocenters. The van der Waals surface area contributed by atoms with E-state index in [4.69, 9.17) is 0 Å². The Morgan fingerprint density at radius 3 is 2.59 bits per heavy atom. The fourth-order valence-corrected chi connectivity index (χ4v) is 4.96. The van der Waals surface area contributed by atoms with Gasteiger partial charge in [-0.05, 0) is 54.5 Å². The van der Waals surface area contributed by atoms with Gasteiger partial charge in [-0.3, -0.25) is 14.9 Å². The van der Waals surface area contributed by atoms with E-state index in [0.29, 0.717) is 5.92 Å². The Kier molecular flexibility index (Phi) is 4.34. The second-order valence-electron chi connectivity index (χ2n) is 8.13. The highest BCUT2D eigenvalue weighted by molar-refractivity contribution is 5.95. The number of nitrogens with zero attached hydrogens (tertiary/aromatic N) is 2. The monoisotopic (exact) mass is 389 g/mol. The number of nitro groups is 1. The molecule has 5 rings (SSSR count). The molecule has 3 aliphatic rings. The maximum absolute atomic E-state index is 12.8. The first-order valence-corrected chi connectivity index (χ1v) is 10.2. The molecule has 0 saturated carbocycles. The quantitative estimate of drug-likeness (QED) is 0.471. The third-order valence-corrected chi connectivity index (χ3v) is 6.47. The molecular weight excluding hydrogens is 366 g/mol. The van der Waals surface area contributed by atoms with Gasteiger partial charge >= 0.3 is 0 Å². The van der Waals surface area contributed by atoms with Crippen LogP contribution in [0.2, 0.25) is 0 Å². The molecule has 2 aliphatic heterocycles. The number of amides is 1. The van der Waals surface area contributed by atoms with E-state index in [1.54, 1.807) is 12.1 Å². The van der Waals surface area contributed by atoms with Gasteiger partial charge < -0.3 is 10.2 Å². The van der Waals surface area contributed by atoms with Gasteiger partial charge in [0.05, 0.1) is 11.0 Å². The van der Waals surface area contributed by atoms with Crippen molar-refractivity contribution in [3.05, 3.63) is 81.4 Å². The SMILES string of the molecule is O=C(c1ccc2c(c1)[C@H]1C=CC[C@H]1[C@H](c1ccc([N+](=O)[O-])cc1)N2)N1CCCC1. The van der Waals surface area contributed by atoms with E-state index >= 15 is 0 Å². The molecule has 2 aromatic carbocycles. The van der Waals surface area contributed by atoms with Crippen LogP contribution < -0.4 is 5.32 Å². The third kappa shape index (κ3) is 3.09. The van der Waals surface area contributed by atoms with Crippen LogP contribution in [-0.4, -0.2) is 28.8 Å². The molecule has 29 heavy (non-hydrogen) atoms. The Balaban J connectivity index is 1.46. The van der Waals surface area contributed by atoms with Crippen molar-refractivity contribution in [3.63, 3.8) is 0 Å². The van der Waals surface area contributed by atoms with Gasteiger partial charge in [-0.25, -0.2) is 0 Å². The number of fused-ring (bicyclic) bond motifs is 3. The Hall–Kier alpha value is -3.15. The Morgan fingerprint density at radius 1 is 1.10 bits per heavy atom. The van der Waals surface area contributed by atoms with Crippen molar-refractivity contribution in [1.82, 2.24) is 4.90 Å². The molecule has 1 saturated heterocycles. The number of hydrogen-bond acceptors (Lipinski definition) is 4. The van der Waals surface area contributed by atoms with E-state index < -0.39 is 0 Å². The van der Waals surface area contributed by atoms with Gasteiger partial charge in [0, 0.05) is 42.4 Å². The third-order valence-electron chi connectivity index (χ3n) is 6.47. The van der Waals surface area contributed by atoms with Crippen molar-refractivity contribution in [2.45, 2.75) is 31.2 Å². The lowest BCUT2D eigenvalue weighted by atomic mass is 9.76.